The summed E-state index contributed by atoms with van der Waals surface area (Å²) in [7, 11) is 1.59. The maximum absolute atomic E-state index is 12.2. The number of amides is 1. The fraction of sp³-hybridized carbons (Fsp3) is 0.174. The number of hydrogen-bond donors (Lipinski definition) is 2. The van der Waals surface area contributed by atoms with Crippen molar-refractivity contribution in [2.75, 3.05) is 30.9 Å². The van der Waals surface area contributed by atoms with Crippen LogP contribution in [0.5, 0.6) is 11.5 Å². The lowest BCUT2D eigenvalue weighted by molar-refractivity contribution is -0.114. The summed E-state index contributed by atoms with van der Waals surface area (Å²) in [6, 6.07) is 25.1. The molecule has 0 aliphatic carbocycles. The maximum Gasteiger partial charge on any atom is 0.243 e. The van der Waals surface area contributed by atoms with Crippen LogP contribution < -0.4 is 20.1 Å². The zero-order valence-electron chi connectivity index (χ0n) is 15.9. The first kappa shape index (κ1) is 19.3. The van der Waals surface area contributed by atoms with Crippen LogP contribution in [0, 0.1) is 0 Å². The molecule has 0 bridgehead atoms. The van der Waals surface area contributed by atoms with Gasteiger partial charge in [-0.1, -0.05) is 42.5 Å². The van der Waals surface area contributed by atoms with Crippen molar-refractivity contribution in [2.45, 2.75) is 6.42 Å². The number of methoxy groups -OCH3 is 1. The summed E-state index contributed by atoms with van der Waals surface area (Å²) in [4.78, 5) is 12.2. The van der Waals surface area contributed by atoms with Gasteiger partial charge in [-0.3, -0.25) is 4.79 Å². The Morgan fingerprint density at radius 1 is 0.857 bits per heavy atom. The predicted octanol–water partition coefficient (Wildman–Crippen LogP) is 4.37. The van der Waals surface area contributed by atoms with Crippen LogP contribution in [0.2, 0.25) is 0 Å². The van der Waals surface area contributed by atoms with E-state index in [0.29, 0.717) is 18.0 Å². The van der Waals surface area contributed by atoms with Crippen molar-refractivity contribution >= 4 is 17.3 Å². The van der Waals surface area contributed by atoms with E-state index in [0.717, 1.165) is 17.9 Å². The minimum absolute atomic E-state index is 0.136. The molecular formula is C23H24N2O3. The highest BCUT2D eigenvalue weighted by Gasteiger charge is 2.04. The van der Waals surface area contributed by atoms with Crippen LogP contribution in [0.4, 0.5) is 11.4 Å². The number of carbonyl (C=O) groups excluding carboxylic acids is 1. The molecule has 1 amide bonds. The van der Waals surface area contributed by atoms with E-state index in [1.807, 2.05) is 60.7 Å². The Morgan fingerprint density at radius 2 is 1.57 bits per heavy atom. The number of carbonyl (C=O) groups is 1. The van der Waals surface area contributed by atoms with Gasteiger partial charge in [0.1, 0.15) is 11.5 Å². The molecular weight excluding hydrogens is 352 g/mol. The van der Waals surface area contributed by atoms with Crippen LogP contribution in [0.15, 0.2) is 78.9 Å². The summed E-state index contributed by atoms with van der Waals surface area (Å²) in [6.45, 7) is 0.758. The van der Waals surface area contributed by atoms with Gasteiger partial charge >= 0.3 is 0 Å². The lowest BCUT2D eigenvalue weighted by Gasteiger charge is -2.11. The van der Waals surface area contributed by atoms with E-state index in [4.69, 9.17) is 9.47 Å². The maximum atomic E-state index is 12.2. The van der Waals surface area contributed by atoms with Gasteiger partial charge in [0.15, 0.2) is 0 Å². The van der Waals surface area contributed by atoms with Gasteiger partial charge in [-0.25, -0.2) is 0 Å². The highest BCUT2D eigenvalue weighted by atomic mass is 16.5. The van der Waals surface area contributed by atoms with Crippen LogP contribution in [0.1, 0.15) is 5.56 Å². The van der Waals surface area contributed by atoms with Gasteiger partial charge < -0.3 is 20.1 Å². The van der Waals surface area contributed by atoms with E-state index in [-0.39, 0.29) is 12.5 Å². The van der Waals surface area contributed by atoms with E-state index in [1.165, 1.54) is 5.56 Å². The standard InChI is InChI=1S/C23H24N2O3/c1-27-21-11-6-10-20(16-21)25-23(26)17-24-19-9-5-12-22(15-19)28-14-13-18-7-3-2-4-8-18/h2-12,15-16,24H,13-14,17H2,1H3,(H,25,26). The van der Waals surface area contributed by atoms with Crippen molar-refractivity contribution in [1.82, 2.24) is 0 Å². The first-order valence-corrected chi connectivity index (χ1v) is 9.17. The normalized spacial score (nSPS) is 10.2. The van der Waals surface area contributed by atoms with Crippen LogP contribution >= 0.6 is 0 Å². The Bertz CT molecular complexity index is 897. The molecule has 0 heterocycles. The minimum Gasteiger partial charge on any atom is -0.497 e. The molecule has 0 spiro atoms. The molecule has 0 saturated carbocycles. The molecule has 0 unspecified atom stereocenters. The van der Waals surface area contributed by atoms with Crippen molar-refractivity contribution in [3.05, 3.63) is 84.4 Å². The third-order valence-corrected chi connectivity index (χ3v) is 4.14. The fourth-order valence-corrected chi connectivity index (χ4v) is 2.72. The quantitative estimate of drug-likeness (QED) is 0.582. The molecule has 0 fully saturated rings. The van der Waals surface area contributed by atoms with Gasteiger partial charge in [-0.05, 0) is 29.8 Å². The van der Waals surface area contributed by atoms with Crippen molar-refractivity contribution < 1.29 is 14.3 Å². The lowest BCUT2D eigenvalue weighted by atomic mass is 10.2. The van der Waals surface area contributed by atoms with Crippen LogP contribution in [-0.2, 0) is 11.2 Å². The van der Waals surface area contributed by atoms with Crippen molar-refractivity contribution in [3.63, 3.8) is 0 Å². The van der Waals surface area contributed by atoms with E-state index < -0.39 is 0 Å². The Hall–Kier alpha value is -3.47. The topological polar surface area (TPSA) is 59.6 Å². The minimum atomic E-state index is -0.136. The van der Waals surface area contributed by atoms with Crippen molar-refractivity contribution in [1.29, 1.82) is 0 Å². The summed E-state index contributed by atoms with van der Waals surface area (Å²) < 4.78 is 11.0. The monoisotopic (exact) mass is 376 g/mol. The smallest absolute Gasteiger partial charge is 0.243 e. The second kappa shape index (κ2) is 10.0. The molecule has 0 saturated heterocycles. The highest BCUT2D eigenvalue weighted by Crippen LogP contribution is 2.18. The molecule has 5 nitrogen and oxygen atoms in total. The Labute approximate surface area is 165 Å². The number of ether oxygens (including phenoxy) is 2. The first-order valence-electron chi connectivity index (χ1n) is 9.17. The molecule has 0 aliphatic rings. The lowest BCUT2D eigenvalue weighted by Crippen LogP contribution is -2.21. The zero-order valence-corrected chi connectivity index (χ0v) is 15.9. The molecule has 28 heavy (non-hydrogen) atoms. The molecule has 3 rings (SSSR count). The van der Waals surface area contributed by atoms with Gasteiger partial charge in [0.2, 0.25) is 5.91 Å². The SMILES string of the molecule is COc1cccc(NC(=O)CNc2cccc(OCCc3ccccc3)c2)c1. The third kappa shape index (κ3) is 6.06. The molecule has 0 aromatic heterocycles. The molecule has 0 aliphatic heterocycles. The second-order valence-electron chi connectivity index (χ2n) is 6.25. The first-order chi connectivity index (χ1) is 13.7. The molecule has 0 atom stereocenters. The zero-order chi connectivity index (χ0) is 19.6. The van der Waals surface area contributed by atoms with E-state index in [1.54, 1.807) is 13.2 Å². The molecule has 0 radical (unpaired) electrons. The summed E-state index contributed by atoms with van der Waals surface area (Å²) in [6.07, 6.45) is 0.849. The highest BCUT2D eigenvalue weighted by molar-refractivity contribution is 5.93. The van der Waals surface area contributed by atoms with E-state index in [9.17, 15) is 4.79 Å². The van der Waals surface area contributed by atoms with Crippen LogP contribution in [0.3, 0.4) is 0 Å². The van der Waals surface area contributed by atoms with Gasteiger partial charge in [-0.2, -0.15) is 0 Å². The fourth-order valence-electron chi connectivity index (χ4n) is 2.72. The molecule has 3 aromatic carbocycles. The number of anilines is 2. The summed E-state index contributed by atoms with van der Waals surface area (Å²) in [5, 5.41) is 5.96. The van der Waals surface area contributed by atoms with Crippen LogP contribution in [-0.4, -0.2) is 26.2 Å². The Balaban J connectivity index is 1.46. The molecule has 2 N–H and O–H groups in total. The van der Waals surface area contributed by atoms with Gasteiger partial charge in [0.25, 0.3) is 0 Å². The van der Waals surface area contributed by atoms with Crippen molar-refractivity contribution in [3.8, 4) is 11.5 Å². The number of benzene rings is 3. The predicted molar refractivity (Wildman–Crippen MR) is 112 cm³/mol. The number of rotatable bonds is 9. The summed E-state index contributed by atoms with van der Waals surface area (Å²) >= 11 is 0. The van der Waals surface area contributed by atoms with E-state index in [2.05, 4.69) is 22.8 Å². The summed E-state index contributed by atoms with van der Waals surface area (Å²) in [5.74, 6) is 1.34. The number of nitrogens with one attached hydrogen (secondary N) is 2. The van der Waals surface area contributed by atoms with Gasteiger partial charge in [0.05, 0.1) is 20.3 Å². The third-order valence-electron chi connectivity index (χ3n) is 4.14. The van der Waals surface area contributed by atoms with Gasteiger partial charge in [-0.15, -0.1) is 0 Å². The molecule has 3 aromatic rings. The summed E-state index contributed by atoms with van der Waals surface area (Å²) in [5.41, 5.74) is 2.77. The van der Waals surface area contributed by atoms with Crippen LogP contribution in [0.25, 0.3) is 0 Å². The average molecular weight is 376 g/mol. The molecule has 144 valence electrons. The molecule has 5 heteroatoms. The number of hydrogen-bond acceptors (Lipinski definition) is 4. The second-order valence-corrected chi connectivity index (χ2v) is 6.25. The Morgan fingerprint density at radius 3 is 2.36 bits per heavy atom. The van der Waals surface area contributed by atoms with Gasteiger partial charge in [0, 0.05) is 29.9 Å². The van der Waals surface area contributed by atoms with E-state index >= 15 is 0 Å². The van der Waals surface area contributed by atoms with Crippen molar-refractivity contribution in [2.24, 2.45) is 0 Å². The Kier molecular flexibility index (Phi) is 6.90. The largest absolute Gasteiger partial charge is 0.497 e. The average Bonchev–Trinajstić information content (AvgIpc) is 2.73.